The Kier molecular flexibility index (Phi) is 6.28. The lowest BCUT2D eigenvalue weighted by molar-refractivity contribution is -0.124. The summed E-state index contributed by atoms with van der Waals surface area (Å²) in [6.07, 6.45) is 1.32. The van der Waals surface area contributed by atoms with Gasteiger partial charge in [0.15, 0.2) is 0 Å². The van der Waals surface area contributed by atoms with Crippen molar-refractivity contribution in [1.82, 2.24) is 5.32 Å². The van der Waals surface area contributed by atoms with Gasteiger partial charge in [0.05, 0.1) is 0 Å². The number of carbonyl (C=O) groups is 2. The standard InChI is InChI=1S/C9H16INO2/c1-4-6(3)8(9(10)13)11-7(12)5-2/h6,8H,4-5H2,1-3H3,(H,11,12)/t6-,8-/m0/s1. The first-order chi connectivity index (χ1) is 6.02. The highest BCUT2D eigenvalue weighted by Crippen LogP contribution is 2.11. The maximum absolute atomic E-state index is 11.2. The Morgan fingerprint density at radius 3 is 2.23 bits per heavy atom. The van der Waals surface area contributed by atoms with Gasteiger partial charge >= 0.3 is 0 Å². The predicted molar refractivity (Wildman–Crippen MR) is 60.7 cm³/mol. The van der Waals surface area contributed by atoms with Crippen LogP contribution in [0.3, 0.4) is 0 Å². The average molecular weight is 297 g/mol. The smallest absolute Gasteiger partial charge is 0.220 e. The number of hydrogen-bond acceptors (Lipinski definition) is 2. The molecule has 0 radical (unpaired) electrons. The summed E-state index contributed by atoms with van der Waals surface area (Å²) in [6, 6.07) is -0.321. The Hall–Kier alpha value is -0.130. The van der Waals surface area contributed by atoms with E-state index in [4.69, 9.17) is 0 Å². The lowest BCUT2D eigenvalue weighted by Crippen LogP contribution is -2.42. The summed E-state index contributed by atoms with van der Waals surface area (Å²) < 4.78 is 0.00810. The molecule has 0 saturated heterocycles. The first kappa shape index (κ1) is 12.9. The van der Waals surface area contributed by atoms with Crippen molar-refractivity contribution in [3.63, 3.8) is 0 Å². The maximum atomic E-state index is 11.2. The fourth-order valence-corrected chi connectivity index (χ4v) is 1.70. The van der Waals surface area contributed by atoms with Gasteiger partial charge < -0.3 is 5.32 Å². The molecule has 0 spiro atoms. The number of hydrogen-bond donors (Lipinski definition) is 1. The van der Waals surface area contributed by atoms with Crippen molar-refractivity contribution < 1.29 is 9.59 Å². The van der Waals surface area contributed by atoms with E-state index in [-0.39, 0.29) is 21.7 Å². The first-order valence-corrected chi connectivity index (χ1v) is 5.59. The third-order valence-electron chi connectivity index (χ3n) is 2.10. The van der Waals surface area contributed by atoms with Gasteiger partial charge in [-0.3, -0.25) is 9.59 Å². The van der Waals surface area contributed by atoms with Crippen LogP contribution in [0.15, 0.2) is 0 Å². The third-order valence-corrected chi connectivity index (χ3v) is 2.77. The van der Waals surface area contributed by atoms with Gasteiger partial charge in [-0.15, -0.1) is 0 Å². The van der Waals surface area contributed by atoms with E-state index in [9.17, 15) is 9.59 Å². The van der Waals surface area contributed by atoms with Crippen molar-refractivity contribution in [2.75, 3.05) is 0 Å². The van der Waals surface area contributed by atoms with Gasteiger partial charge in [-0.25, -0.2) is 0 Å². The van der Waals surface area contributed by atoms with E-state index < -0.39 is 0 Å². The molecule has 0 saturated carbocycles. The van der Waals surface area contributed by atoms with Crippen molar-refractivity contribution >= 4 is 32.3 Å². The minimum Gasteiger partial charge on any atom is -0.345 e. The van der Waals surface area contributed by atoms with E-state index in [1.807, 2.05) is 13.8 Å². The molecule has 76 valence electrons. The van der Waals surface area contributed by atoms with Crippen molar-refractivity contribution in [3.8, 4) is 0 Å². The second kappa shape index (κ2) is 6.34. The summed E-state index contributed by atoms with van der Waals surface area (Å²) in [5.74, 6) is 0.148. The molecular weight excluding hydrogens is 281 g/mol. The molecule has 0 aromatic carbocycles. The number of amides is 1. The molecule has 1 amide bonds. The molecule has 0 aromatic rings. The number of halogens is 1. The third kappa shape index (κ3) is 4.59. The van der Waals surface area contributed by atoms with Gasteiger partial charge in [-0.05, 0) is 5.92 Å². The second-order valence-electron chi connectivity index (χ2n) is 3.09. The van der Waals surface area contributed by atoms with Crippen molar-refractivity contribution in [2.24, 2.45) is 5.92 Å². The molecule has 0 rings (SSSR count). The zero-order valence-electron chi connectivity index (χ0n) is 8.26. The summed E-state index contributed by atoms with van der Waals surface area (Å²) in [6.45, 7) is 5.76. The summed E-state index contributed by atoms with van der Waals surface area (Å²) in [5.41, 5.74) is 0. The topological polar surface area (TPSA) is 46.2 Å². The lowest BCUT2D eigenvalue weighted by Gasteiger charge is -2.20. The molecule has 0 bridgehead atoms. The summed E-state index contributed by atoms with van der Waals surface area (Å²) >= 11 is 1.74. The summed E-state index contributed by atoms with van der Waals surface area (Å²) in [4.78, 5) is 22.2. The quantitative estimate of drug-likeness (QED) is 0.622. The molecule has 13 heavy (non-hydrogen) atoms. The predicted octanol–water partition coefficient (Wildman–Crippen LogP) is 1.89. The minimum absolute atomic E-state index is 0.00810. The molecule has 0 aromatic heterocycles. The van der Waals surface area contributed by atoms with Crippen LogP contribution in [0.5, 0.6) is 0 Å². The monoisotopic (exact) mass is 297 g/mol. The number of nitrogens with one attached hydrogen (secondary N) is 1. The van der Waals surface area contributed by atoms with E-state index >= 15 is 0 Å². The van der Waals surface area contributed by atoms with E-state index in [0.717, 1.165) is 6.42 Å². The second-order valence-corrected chi connectivity index (χ2v) is 4.15. The van der Waals surface area contributed by atoms with Gasteiger partial charge in [0.25, 0.3) is 0 Å². The minimum atomic E-state index is -0.321. The van der Waals surface area contributed by atoms with Crippen LogP contribution in [0.25, 0.3) is 0 Å². The molecule has 0 aliphatic heterocycles. The van der Waals surface area contributed by atoms with E-state index in [0.29, 0.717) is 6.42 Å². The maximum Gasteiger partial charge on any atom is 0.220 e. The highest BCUT2D eigenvalue weighted by molar-refractivity contribution is 14.1. The molecule has 0 fully saturated rings. The highest BCUT2D eigenvalue weighted by atomic mass is 127. The fourth-order valence-electron chi connectivity index (χ4n) is 0.934. The van der Waals surface area contributed by atoms with E-state index in [1.54, 1.807) is 29.5 Å². The molecule has 1 N–H and O–H groups in total. The van der Waals surface area contributed by atoms with Crippen LogP contribution in [0, 0.1) is 5.92 Å². The Bertz CT molecular complexity index is 194. The first-order valence-electron chi connectivity index (χ1n) is 4.51. The Labute approximate surface area is 92.8 Å². The van der Waals surface area contributed by atoms with Gasteiger partial charge in [0, 0.05) is 29.0 Å². The van der Waals surface area contributed by atoms with Crippen LogP contribution in [0.4, 0.5) is 0 Å². The molecule has 2 atom stereocenters. The Morgan fingerprint density at radius 1 is 1.38 bits per heavy atom. The Morgan fingerprint density at radius 2 is 1.92 bits per heavy atom. The van der Waals surface area contributed by atoms with Crippen LogP contribution in [-0.2, 0) is 9.59 Å². The molecule has 0 heterocycles. The van der Waals surface area contributed by atoms with Crippen LogP contribution >= 0.6 is 22.6 Å². The van der Waals surface area contributed by atoms with Crippen LogP contribution < -0.4 is 5.32 Å². The zero-order valence-corrected chi connectivity index (χ0v) is 10.4. The van der Waals surface area contributed by atoms with Gasteiger partial charge in [0.1, 0.15) is 6.04 Å². The largest absolute Gasteiger partial charge is 0.345 e. The lowest BCUT2D eigenvalue weighted by atomic mass is 10.0. The molecule has 0 unspecified atom stereocenters. The van der Waals surface area contributed by atoms with Crippen LogP contribution in [-0.4, -0.2) is 15.7 Å². The SMILES string of the molecule is CCC(=O)N[C@H](C(=O)I)[C@@H](C)CC. The average Bonchev–Trinajstić information content (AvgIpc) is 2.11. The molecular formula is C9H16INO2. The van der Waals surface area contributed by atoms with Crippen molar-refractivity contribution in [2.45, 2.75) is 39.7 Å². The number of rotatable bonds is 5. The molecule has 4 heteroatoms. The van der Waals surface area contributed by atoms with E-state index in [2.05, 4.69) is 5.32 Å². The highest BCUT2D eigenvalue weighted by Gasteiger charge is 2.22. The summed E-state index contributed by atoms with van der Waals surface area (Å²) in [7, 11) is 0. The van der Waals surface area contributed by atoms with Gasteiger partial charge in [0.2, 0.25) is 9.70 Å². The van der Waals surface area contributed by atoms with Crippen LogP contribution in [0.1, 0.15) is 33.6 Å². The fraction of sp³-hybridized carbons (Fsp3) is 0.778. The number of carbonyl (C=O) groups excluding carboxylic acids is 2. The Balaban J connectivity index is 4.26. The van der Waals surface area contributed by atoms with Crippen molar-refractivity contribution in [3.05, 3.63) is 0 Å². The normalized spacial score (nSPS) is 14.8. The molecule has 0 aliphatic carbocycles. The molecule has 0 aliphatic rings. The van der Waals surface area contributed by atoms with Gasteiger partial charge in [-0.2, -0.15) is 0 Å². The van der Waals surface area contributed by atoms with Crippen molar-refractivity contribution in [1.29, 1.82) is 0 Å². The van der Waals surface area contributed by atoms with Gasteiger partial charge in [-0.1, -0.05) is 27.2 Å². The van der Waals surface area contributed by atoms with Crippen LogP contribution in [0.2, 0.25) is 0 Å². The molecule has 3 nitrogen and oxygen atoms in total. The van der Waals surface area contributed by atoms with E-state index in [1.165, 1.54) is 0 Å². The zero-order chi connectivity index (χ0) is 10.4. The summed E-state index contributed by atoms with van der Waals surface area (Å²) in [5, 5.41) is 2.72.